The molecule has 1 saturated heterocycles. The Balaban J connectivity index is 2.94. The highest BCUT2D eigenvalue weighted by Gasteiger charge is 2.51. The van der Waals surface area contributed by atoms with E-state index in [9.17, 15) is 15.0 Å². The van der Waals surface area contributed by atoms with E-state index in [1.807, 2.05) is 0 Å². The standard InChI is InChI=1S/C13H27NO4Si/c1-12(2,3)19(5,6)18-10-7-8-14(11(16)17)13(10,4)9-15/h10,15H,7-9H2,1-6H3,(H,16,17)/t10-,13-/m1/s1. The van der Waals surface area contributed by atoms with E-state index < -0.39 is 19.9 Å². The number of carboxylic acid groups (broad SMARTS) is 1. The summed E-state index contributed by atoms with van der Waals surface area (Å²) in [6.07, 6.45) is -0.567. The van der Waals surface area contributed by atoms with E-state index in [1.165, 1.54) is 4.90 Å². The predicted molar refractivity (Wildman–Crippen MR) is 76.9 cm³/mol. The second-order valence-electron chi connectivity index (χ2n) is 7.10. The summed E-state index contributed by atoms with van der Waals surface area (Å²) in [7, 11) is -1.97. The molecule has 1 heterocycles. The van der Waals surface area contributed by atoms with Crippen LogP contribution in [0, 0.1) is 0 Å². The number of hydrogen-bond acceptors (Lipinski definition) is 3. The summed E-state index contributed by atoms with van der Waals surface area (Å²) < 4.78 is 6.32. The summed E-state index contributed by atoms with van der Waals surface area (Å²) in [4.78, 5) is 12.6. The molecule has 0 bridgehead atoms. The van der Waals surface area contributed by atoms with Crippen molar-refractivity contribution >= 4 is 14.4 Å². The van der Waals surface area contributed by atoms with E-state index >= 15 is 0 Å². The Morgan fingerprint density at radius 1 is 1.47 bits per heavy atom. The van der Waals surface area contributed by atoms with Gasteiger partial charge in [-0.2, -0.15) is 0 Å². The first-order chi connectivity index (χ1) is 8.45. The van der Waals surface area contributed by atoms with E-state index in [0.29, 0.717) is 13.0 Å². The minimum Gasteiger partial charge on any atom is -0.465 e. The third kappa shape index (κ3) is 2.95. The van der Waals surface area contributed by atoms with Gasteiger partial charge in [0.2, 0.25) is 0 Å². The van der Waals surface area contributed by atoms with Gasteiger partial charge in [-0.1, -0.05) is 20.8 Å². The number of likely N-dealkylation sites (tertiary alicyclic amines) is 1. The number of aliphatic hydroxyl groups excluding tert-OH is 1. The Kier molecular flexibility index (Phi) is 4.39. The summed E-state index contributed by atoms with van der Waals surface area (Å²) in [5, 5.41) is 18.9. The smallest absolute Gasteiger partial charge is 0.407 e. The molecule has 6 heteroatoms. The maximum Gasteiger partial charge on any atom is 0.407 e. The fourth-order valence-corrected chi connectivity index (χ4v) is 3.64. The zero-order valence-corrected chi connectivity index (χ0v) is 13.9. The van der Waals surface area contributed by atoms with Crippen molar-refractivity contribution in [1.29, 1.82) is 0 Å². The first-order valence-electron chi connectivity index (χ1n) is 6.75. The second-order valence-corrected chi connectivity index (χ2v) is 11.9. The van der Waals surface area contributed by atoms with Crippen LogP contribution < -0.4 is 0 Å². The van der Waals surface area contributed by atoms with E-state index in [-0.39, 0.29) is 17.7 Å². The first-order valence-corrected chi connectivity index (χ1v) is 9.66. The van der Waals surface area contributed by atoms with E-state index in [1.54, 1.807) is 6.92 Å². The molecule has 0 aromatic heterocycles. The van der Waals surface area contributed by atoms with Gasteiger partial charge < -0.3 is 14.6 Å². The molecule has 0 aromatic rings. The number of aliphatic hydroxyl groups is 1. The van der Waals surface area contributed by atoms with Crippen LogP contribution in [0.5, 0.6) is 0 Å². The maximum absolute atomic E-state index is 11.3. The van der Waals surface area contributed by atoms with Crippen LogP contribution in [0.3, 0.4) is 0 Å². The Hall–Kier alpha value is -0.593. The molecular formula is C13H27NO4Si. The molecule has 0 spiro atoms. The minimum absolute atomic E-state index is 0.0695. The van der Waals surface area contributed by atoms with Gasteiger partial charge >= 0.3 is 6.09 Å². The summed E-state index contributed by atoms with van der Waals surface area (Å²) in [6.45, 7) is 12.7. The molecule has 1 rings (SSSR count). The molecule has 5 nitrogen and oxygen atoms in total. The van der Waals surface area contributed by atoms with Gasteiger partial charge in [0.05, 0.1) is 18.2 Å². The molecule has 0 radical (unpaired) electrons. The summed E-state index contributed by atoms with van der Waals surface area (Å²) in [5.74, 6) is 0. The molecule has 112 valence electrons. The van der Waals surface area contributed by atoms with Crippen molar-refractivity contribution in [3.8, 4) is 0 Å². The number of rotatable bonds is 3. The topological polar surface area (TPSA) is 70.0 Å². The lowest BCUT2D eigenvalue weighted by atomic mass is 9.97. The van der Waals surface area contributed by atoms with Crippen molar-refractivity contribution < 1.29 is 19.4 Å². The van der Waals surface area contributed by atoms with Gasteiger partial charge in [-0.05, 0) is 31.5 Å². The molecule has 1 aliphatic rings. The van der Waals surface area contributed by atoms with Crippen LogP contribution in [0.15, 0.2) is 0 Å². The molecule has 1 fully saturated rings. The van der Waals surface area contributed by atoms with Gasteiger partial charge in [0.15, 0.2) is 8.32 Å². The van der Waals surface area contributed by atoms with Crippen molar-refractivity contribution in [2.24, 2.45) is 0 Å². The van der Waals surface area contributed by atoms with Crippen LogP contribution >= 0.6 is 0 Å². The monoisotopic (exact) mass is 289 g/mol. The van der Waals surface area contributed by atoms with E-state index in [2.05, 4.69) is 33.9 Å². The lowest BCUT2D eigenvalue weighted by molar-refractivity contribution is 0.00953. The normalized spacial score (nSPS) is 28.8. The van der Waals surface area contributed by atoms with Gasteiger partial charge in [-0.15, -0.1) is 0 Å². The molecular weight excluding hydrogens is 262 g/mol. The van der Waals surface area contributed by atoms with Crippen LogP contribution in [0.25, 0.3) is 0 Å². The average molecular weight is 289 g/mol. The molecule has 0 saturated carbocycles. The molecule has 0 aliphatic carbocycles. The van der Waals surface area contributed by atoms with Crippen LogP contribution in [0.1, 0.15) is 34.1 Å². The highest BCUT2D eigenvalue weighted by molar-refractivity contribution is 6.74. The number of amides is 1. The van der Waals surface area contributed by atoms with Gasteiger partial charge in [0.1, 0.15) is 0 Å². The Morgan fingerprint density at radius 2 is 2.00 bits per heavy atom. The molecule has 2 N–H and O–H groups in total. The van der Waals surface area contributed by atoms with Crippen LogP contribution in [-0.4, -0.2) is 54.3 Å². The first kappa shape index (κ1) is 16.5. The van der Waals surface area contributed by atoms with Crippen molar-refractivity contribution in [2.75, 3.05) is 13.2 Å². The van der Waals surface area contributed by atoms with Crippen LogP contribution in [0.4, 0.5) is 4.79 Å². The highest BCUT2D eigenvalue weighted by Crippen LogP contribution is 2.41. The van der Waals surface area contributed by atoms with Crippen molar-refractivity contribution in [3.05, 3.63) is 0 Å². The zero-order chi connectivity index (χ0) is 15.1. The predicted octanol–water partition coefficient (Wildman–Crippen LogP) is 2.51. The Labute approximate surface area is 116 Å². The number of carbonyl (C=O) groups is 1. The van der Waals surface area contributed by atoms with Gasteiger partial charge in [0, 0.05) is 6.54 Å². The van der Waals surface area contributed by atoms with Crippen molar-refractivity contribution in [3.63, 3.8) is 0 Å². The Bertz CT molecular complexity index is 353. The quantitative estimate of drug-likeness (QED) is 0.783. The van der Waals surface area contributed by atoms with E-state index in [4.69, 9.17) is 4.43 Å². The summed E-state index contributed by atoms with van der Waals surface area (Å²) in [6, 6.07) is 0. The zero-order valence-electron chi connectivity index (χ0n) is 12.9. The molecule has 1 aliphatic heterocycles. The molecule has 1 amide bonds. The minimum atomic E-state index is -1.97. The molecule has 0 aromatic carbocycles. The van der Waals surface area contributed by atoms with Crippen LogP contribution in [0.2, 0.25) is 18.1 Å². The summed E-state index contributed by atoms with van der Waals surface area (Å²) >= 11 is 0. The van der Waals surface area contributed by atoms with Gasteiger partial charge in [0.25, 0.3) is 0 Å². The van der Waals surface area contributed by atoms with Crippen LogP contribution in [-0.2, 0) is 4.43 Å². The fraction of sp³-hybridized carbons (Fsp3) is 0.923. The Morgan fingerprint density at radius 3 is 2.37 bits per heavy atom. The number of nitrogens with zero attached hydrogens (tertiary/aromatic N) is 1. The average Bonchev–Trinajstić information content (AvgIpc) is 2.55. The molecule has 2 atom stereocenters. The SMILES string of the molecule is CC(C)(C)[Si](C)(C)O[C@@H]1CCN(C(=O)O)[C@]1(C)CO. The second kappa shape index (κ2) is 5.07. The summed E-state index contributed by atoms with van der Waals surface area (Å²) in [5.41, 5.74) is -0.832. The highest BCUT2D eigenvalue weighted by atomic mass is 28.4. The lowest BCUT2D eigenvalue weighted by Gasteiger charge is -2.43. The van der Waals surface area contributed by atoms with Crippen molar-refractivity contribution in [1.82, 2.24) is 4.90 Å². The lowest BCUT2D eigenvalue weighted by Crippen LogP contribution is -2.57. The van der Waals surface area contributed by atoms with Crippen molar-refractivity contribution in [2.45, 2.75) is 63.9 Å². The van der Waals surface area contributed by atoms with E-state index in [0.717, 1.165) is 0 Å². The van der Waals surface area contributed by atoms with Gasteiger partial charge in [-0.25, -0.2) is 4.79 Å². The molecule has 19 heavy (non-hydrogen) atoms. The third-order valence-corrected chi connectivity index (χ3v) is 9.21. The number of hydrogen-bond donors (Lipinski definition) is 2. The molecule has 0 unspecified atom stereocenters. The van der Waals surface area contributed by atoms with Gasteiger partial charge in [-0.3, -0.25) is 4.90 Å². The fourth-order valence-electron chi connectivity index (χ4n) is 2.21. The largest absolute Gasteiger partial charge is 0.465 e. The third-order valence-electron chi connectivity index (χ3n) is 4.72. The maximum atomic E-state index is 11.3.